The summed E-state index contributed by atoms with van der Waals surface area (Å²) in [6.45, 7) is 3.45. The lowest BCUT2D eigenvalue weighted by Crippen LogP contribution is -2.40. The highest BCUT2D eigenvalue weighted by atomic mass is 19.4. The topological polar surface area (TPSA) is 15.7 Å². The lowest BCUT2D eigenvalue weighted by molar-refractivity contribution is -0.275. The molecule has 0 aliphatic carbocycles. The minimum atomic E-state index is -4.64. The van der Waals surface area contributed by atoms with E-state index in [4.69, 9.17) is 0 Å². The summed E-state index contributed by atoms with van der Waals surface area (Å²) in [5, 5.41) is 0. The molecule has 0 unspecified atom stereocenters. The molecule has 3 nitrogen and oxygen atoms in total. The summed E-state index contributed by atoms with van der Waals surface area (Å²) in [6, 6.07) is 6.95. The Morgan fingerprint density at radius 2 is 1.91 bits per heavy atom. The zero-order valence-corrected chi connectivity index (χ0v) is 12.6. The number of benzene rings is 1. The maximum absolute atomic E-state index is 12.5. The minimum Gasteiger partial charge on any atom is -0.405 e. The van der Waals surface area contributed by atoms with Crippen molar-refractivity contribution in [1.29, 1.82) is 0 Å². The molecule has 1 aromatic rings. The van der Waals surface area contributed by atoms with Gasteiger partial charge in [0.15, 0.2) is 0 Å². The fourth-order valence-corrected chi connectivity index (χ4v) is 3.64. The lowest BCUT2D eigenvalue weighted by atomic mass is 9.96. The Bertz CT molecular complexity index is 520. The third-order valence-electron chi connectivity index (χ3n) is 4.66. The maximum Gasteiger partial charge on any atom is 0.573 e. The number of halogens is 3. The summed E-state index contributed by atoms with van der Waals surface area (Å²) in [5.41, 5.74) is 0.601. The van der Waals surface area contributed by atoms with Crippen molar-refractivity contribution in [3.05, 3.63) is 29.8 Å². The smallest absolute Gasteiger partial charge is 0.405 e. The second-order valence-corrected chi connectivity index (χ2v) is 6.39. The van der Waals surface area contributed by atoms with Gasteiger partial charge in [0.2, 0.25) is 0 Å². The molecule has 0 radical (unpaired) electrons. The van der Waals surface area contributed by atoms with E-state index in [1.54, 1.807) is 18.2 Å². The van der Waals surface area contributed by atoms with Crippen molar-refractivity contribution >= 4 is 0 Å². The first-order chi connectivity index (χ1) is 10.4. The van der Waals surface area contributed by atoms with E-state index >= 15 is 0 Å². The Morgan fingerprint density at radius 1 is 1.14 bits per heavy atom. The number of alkyl halides is 3. The molecule has 2 atom stereocenters. The zero-order chi connectivity index (χ0) is 15.7. The SMILES string of the molecule is CN1C[C@@H]2CC[C@H]1CN(Cc1ccccc1OC(F)(F)F)C2. The molecule has 0 spiro atoms. The number of hydrogen-bond acceptors (Lipinski definition) is 3. The molecular weight excluding hydrogens is 293 g/mol. The number of piperidine rings is 1. The van der Waals surface area contributed by atoms with Crippen molar-refractivity contribution in [1.82, 2.24) is 9.80 Å². The lowest BCUT2D eigenvalue weighted by Gasteiger charge is -2.32. The Labute approximate surface area is 128 Å². The number of para-hydroxylation sites is 1. The van der Waals surface area contributed by atoms with Crippen LogP contribution in [0.3, 0.4) is 0 Å². The Balaban J connectivity index is 1.73. The average molecular weight is 314 g/mol. The first kappa shape index (κ1) is 15.6. The van der Waals surface area contributed by atoms with E-state index in [2.05, 4.69) is 21.6 Å². The molecule has 22 heavy (non-hydrogen) atoms. The summed E-state index contributed by atoms with van der Waals surface area (Å²) in [5.74, 6) is 0.527. The molecule has 6 heteroatoms. The van der Waals surface area contributed by atoms with Crippen LogP contribution < -0.4 is 4.74 Å². The van der Waals surface area contributed by atoms with Gasteiger partial charge in [-0.3, -0.25) is 4.90 Å². The number of rotatable bonds is 3. The normalized spacial score (nSPS) is 26.9. The van der Waals surface area contributed by atoms with E-state index in [1.165, 1.54) is 18.9 Å². The van der Waals surface area contributed by atoms with Crippen LogP contribution in [0.25, 0.3) is 0 Å². The fourth-order valence-electron chi connectivity index (χ4n) is 3.64. The molecule has 3 aliphatic heterocycles. The van der Waals surface area contributed by atoms with Crippen molar-refractivity contribution in [2.75, 3.05) is 26.7 Å². The van der Waals surface area contributed by atoms with Gasteiger partial charge in [0.25, 0.3) is 0 Å². The van der Waals surface area contributed by atoms with E-state index in [1.807, 2.05) is 0 Å². The van der Waals surface area contributed by atoms with E-state index in [0.29, 0.717) is 24.1 Å². The predicted octanol–water partition coefficient (Wildman–Crippen LogP) is 3.11. The average Bonchev–Trinajstić information content (AvgIpc) is 2.69. The Hall–Kier alpha value is -1.27. The van der Waals surface area contributed by atoms with Gasteiger partial charge < -0.3 is 9.64 Å². The molecule has 0 N–H and O–H groups in total. The second kappa shape index (κ2) is 6.08. The van der Waals surface area contributed by atoms with Gasteiger partial charge in [-0.05, 0) is 31.9 Å². The molecule has 0 saturated carbocycles. The van der Waals surface area contributed by atoms with Gasteiger partial charge >= 0.3 is 6.36 Å². The van der Waals surface area contributed by atoms with Crippen LogP contribution in [-0.4, -0.2) is 48.9 Å². The quantitative estimate of drug-likeness (QED) is 0.852. The van der Waals surface area contributed by atoms with Gasteiger partial charge in [0.05, 0.1) is 0 Å². The summed E-state index contributed by atoms with van der Waals surface area (Å²) in [7, 11) is 2.14. The molecule has 1 aromatic carbocycles. The number of nitrogens with zero attached hydrogens (tertiary/aromatic N) is 2. The Kier molecular flexibility index (Phi) is 4.32. The molecule has 3 heterocycles. The van der Waals surface area contributed by atoms with Crippen molar-refractivity contribution in [2.24, 2.45) is 5.92 Å². The summed E-state index contributed by atoms with van der Waals surface area (Å²) in [4.78, 5) is 4.65. The van der Waals surface area contributed by atoms with Crippen molar-refractivity contribution < 1.29 is 17.9 Å². The van der Waals surface area contributed by atoms with Gasteiger partial charge in [0, 0.05) is 37.8 Å². The van der Waals surface area contributed by atoms with Gasteiger partial charge in [-0.1, -0.05) is 18.2 Å². The molecular formula is C16H21F3N2O. The summed E-state index contributed by atoms with van der Waals surface area (Å²) in [6.07, 6.45) is -2.25. The molecule has 0 amide bonds. The summed E-state index contributed by atoms with van der Waals surface area (Å²) >= 11 is 0. The largest absolute Gasteiger partial charge is 0.573 e. The standard InChI is InChI=1S/C16H21F3N2O/c1-20-8-12-6-7-14(20)11-21(9-12)10-13-4-2-3-5-15(13)22-16(17,18)19/h2-5,12,14H,6-11H2,1H3/t12-,14-/m0/s1. The third kappa shape index (κ3) is 3.73. The van der Waals surface area contributed by atoms with Gasteiger partial charge in [0.1, 0.15) is 5.75 Å². The highest BCUT2D eigenvalue weighted by Gasteiger charge is 2.34. The summed E-state index contributed by atoms with van der Waals surface area (Å²) < 4.78 is 41.7. The number of hydrogen-bond donors (Lipinski definition) is 0. The molecule has 2 bridgehead atoms. The van der Waals surface area contributed by atoms with Crippen LogP contribution in [0.2, 0.25) is 0 Å². The second-order valence-electron chi connectivity index (χ2n) is 6.39. The molecule has 122 valence electrons. The van der Waals surface area contributed by atoms with Gasteiger partial charge in [-0.25, -0.2) is 0 Å². The minimum absolute atomic E-state index is 0.0834. The first-order valence-corrected chi connectivity index (χ1v) is 7.67. The van der Waals surface area contributed by atoms with E-state index < -0.39 is 6.36 Å². The number of likely N-dealkylation sites (N-methyl/N-ethyl adjacent to an activating group) is 1. The van der Waals surface area contributed by atoms with Crippen molar-refractivity contribution in [3.63, 3.8) is 0 Å². The highest BCUT2D eigenvalue weighted by Crippen LogP contribution is 2.30. The molecule has 0 aromatic heterocycles. The van der Waals surface area contributed by atoms with Crippen LogP contribution >= 0.6 is 0 Å². The van der Waals surface area contributed by atoms with Crippen LogP contribution in [0.5, 0.6) is 5.75 Å². The molecule has 3 saturated heterocycles. The number of ether oxygens (including phenoxy) is 1. The van der Waals surface area contributed by atoms with Crippen LogP contribution in [0, 0.1) is 5.92 Å². The molecule has 3 aliphatic rings. The maximum atomic E-state index is 12.5. The van der Waals surface area contributed by atoms with Crippen LogP contribution in [0.4, 0.5) is 13.2 Å². The highest BCUT2D eigenvalue weighted by molar-refractivity contribution is 5.33. The zero-order valence-electron chi connectivity index (χ0n) is 12.6. The van der Waals surface area contributed by atoms with Crippen LogP contribution in [-0.2, 0) is 6.54 Å². The van der Waals surface area contributed by atoms with Crippen LogP contribution in [0.15, 0.2) is 24.3 Å². The fraction of sp³-hybridized carbons (Fsp3) is 0.625. The van der Waals surface area contributed by atoms with Gasteiger partial charge in [-0.15, -0.1) is 13.2 Å². The first-order valence-electron chi connectivity index (χ1n) is 7.67. The monoisotopic (exact) mass is 314 g/mol. The van der Waals surface area contributed by atoms with Crippen LogP contribution in [0.1, 0.15) is 18.4 Å². The predicted molar refractivity (Wildman–Crippen MR) is 77.5 cm³/mol. The van der Waals surface area contributed by atoms with E-state index in [-0.39, 0.29) is 5.75 Å². The van der Waals surface area contributed by atoms with Gasteiger partial charge in [-0.2, -0.15) is 0 Å². The van der Waals surface area contributed by atoms with Crippen molar-refractivity contribution in [3.8, 4) is 5.75 Å². The molecule has 3 fully saturated rings. The molecule has 4 rings (SSSR count). The number of fused-ring (bicyclic) bond motifs is 4. The van der Waals surface area contributed by atoms with E-state index in [0.717, 1.165) is 19.6 Å². The third-order valence-corrected chi connectivity index (χ3v) is 4.66. The Morgan fingerprint density at radius 3 is 2.64 bits per heavy atom. The van der Waals surface area contributed by atoms with E-state index in [9.17, 15) is 13.2 Å². The van der Waals surface area contributed by atoms with Crippen molar-refractivity contribution in [2.45, 2.75) is 31.8 Å².